The fourth-order valence-electron chi connectivity index (χ4n) is 3.76. The first kappa shape index (κ1) is 16.8. The van der Waals surface area contributed by atoms with Gasteiger partial charge in [-0.2, -0.15) is 0 Å². The maximum absolute atomic E-state index is 13.2. The highest BCUT2D eigenvalue weighted by Crippen LogP contribution is 2.25. The third kappa shape index (κ3) is 4.29. The van der Waals surface area contributed by atoms with Crippen molar-refractivity contribution in [2.24, 2.45) is 0 Å². The number of aliphatic hydroxyl groups excluding tert-OH is 1. The highest BCUT2D eigenvalue weighted by Gasteiger charge is 2.29. The Kier molecular flexibility index (Phi) is 5.64. The Labute approximate surface area is 137 Å². The molecule has 0 amide bonds. The Hall–Kier alpha value is -1.01. The maximum Gasteiger partial charge on any atom is 0.123 e. The first-order valence-electron chi connectivity index (χ1n) is 8.62. The molecule has 1 aromatic rings. The van der Waals surface area contributed by atoms with Crippen LogP contribution in [0.2, 0.25) is 0 Å². The zero-order valence-electron chi connectivity index (χ0n) is 13.9. The van der Waals surface area contributed by atoms with E-state index in [1.165, 1.54) is 25.0 Å². The minimum Gasteiger partial charge on any atom is -0.387 e. The van der Waals surface area contributed by atoms with Gasteiger partial charge < -0.3 is 9.84 Å². The van der Waals surface area contributed by atoms with Crippen LogP contribution in [0.1, 0.15) is 30.1 Å². The van der Waals surface area contributed by atoms with Gasteiger partial charge in [-0.15, -0.1) is 0 Å². The number of rotatable bonds is 5. The number of β-amino-alcohol motifs (C(OH)–C–C–N with tert-alkyl or cyclic N) is 1. The van der Waals surface area contributed by atoms with E-state index in [9.17, 15) is 9.50 Å². The van der Waals surface area contributed by atoms with Gasteiger partial charge in [0.05, 0.1) is 19.3 Å². The first-order chi connectivity index (χ1) is 11.1. The summed E-state index contributed by atoms with van der Waals surface area (Å²) in [5.41, 5.74) is 1.66. The summed E-state index contributed by atoms with van der Waals surface area (Å²) in [5, 5.41) is 10.6. The van der Waals surface area contributed by atoms with Crippen molar-refractivity contribution in [3.8, 4) is 0 Å². The van der Waals surface area contributed by atoms with E-state index >= 15 is 0 Å². The van der Waals surface area contributed by atoms with E-state index in [1.807, 2.05) is 6.92 Å². The molecule has 0 aliphatic carbocycles. The monoisotopic (exact) mass is 322 g/mol. The van der Waals surface area contributed by atoms with Crippen molar-refractivity contribution < 1.29 is 14.2 Å². The van der Waals surface area contributed by atoms with Gasteiger partial charge in [0.25, 0.3) is 0 Å². The quantitative estimate of drug-likeness (QED) is 0.899. The number of nitrogens with zero attached hydrogens (tertiary/aromatic N) is 2. The smallest absolute Gasteiger partial charge is 0.123 e. The fourth-order valence-corrected chi connectivity index (χ4v) is 3.76. The third-order valence-corrected chi connectivity index (χ3v) is 5.07. The Bertz CT molecular complexity index is 520. The van der Waals surface area contributed by atoms with Crippen molar-refractivity contribution in [2.75, 3.05) is 45.9 Å². The first-order valence-corrected chi connectivity index (χ1v) is 8.62. The molecule has 4 nitrogen and oxygen atoms in total. The number of aliphatic hydroxyl groups is 1. The predicted octanol–water partition coefficient (Wildman–Crippen LogP) is 1.96. The van der Waals surface area contributed by atoms with Gasteiger partial charge in [-0.1, -0.05) is 6.07 Å². The number of benzene rings is 1. The molecule has 0 aromatic heterocycles. The van der Waals surface area contributed by atoms with E-state index in [-0.39, 0.29) is 5.82 Å². The van der Waals surface area contributed by atoms with Gasteiger partial charge in [-0.05, 0) is 49.6 Å². The van der Waals surface area contributed by atoms with Crippen molar-refractivity contribution in [3.05, 3.63) is 35.1 Å². The van der Waals surface area contributed by atoms with E-state index in [1.54, 1.807) is 6.07 Å². The number of hydrogen-bond donors (Lipinski definition) is 1. The SMILES string of the molecule is Cc1cc(F)ccc1C(O)CN1CCCC1CN1CCOCC1. The lowest BCUT2D eigenvalue weighted by atomic mass is 10.0. The van der Waals surface area contributed by atoms with Crippen LogP contribution in [0.25, 0.3) is 0 Å². The lowest BCUT2D eigenvalue weighted by molar-refractivity contribution is 0.0219. The molecule has 5 heteroatoms. The van der Waals surface area contributed by atoms with Gasteiger partial charge in [0.1, 0.15) is 5.82 Å². The molecule has 2 fully saturated rings. The minimum absolute atomic E-state index is 0.246. The summed E-state index contributed by atoms with van der Waals surface area (Å²) in [6.45, 7) is 8.23. The normalized spacial score (nSPS) is 24.9. The zero-order valence-corrected chi connectivity index (χ0v) is 13.9. The molecule has 0 bridgehead atoms. The van der Waals surface area contributed by atoms with Gasteiger partial charge in [-0.25, -0.2) is 4.39 Å². The number of aryl methyl sites for hydroxylation is 1. The molecular weight excluding hydrogens is 295 g/mol. The van der Waals surface area contributed by atoms with Gasteiger partial charge in [-0.3, -0.25) is 9.80 Å². The van der Waals surface area contributed by atoms with E-state index in [2.05, 4.69) is 9.80 Å². The number of likely N-dealkylation sites (tertiary alicyclic amines) is 1. The largest absolute Gasteiger partial charge is 0.387 e. The van der Waals surface area contributed by atoms with Crippen LogP contribution in [-0.4, -0.2) is 66.9 Å². The van der Waals surface area contributed by atoms with Crippen molar-refractivity contribution in [1.29, 1.82) is 0 Å². The number of ether oxygens (including phenoxy) is 1. The summed E-state index contributed by atoms with van der Waals surface area (Å²) in [6, 6.07) is 5.14. The topological polar surface area (TPSA) is 35.9 Å². The molecule has 1 N–H and O–H groups in total. The fraction of sp³-hybridized carbons (Fsp3) is 0.667. The Morgan fingerprint density at radius 2 is 2.09 bits per heavy atom. The Morgan fingerprint density at radius 1 is 1.30 bits per heavy atom. The van der Waals surface area contributed by atoms with Gasteiger partial charge >= 0.3 is 0 Å². The third-order valence-electron chi connectivity index (χ3n) is 5.07. The molecule has 2 aliphatic heterocycles. The molecule has 2 aliphatic rings. The maximum atomic E-state index is 13.2. The predicted molar refractivity (Wildman–Crippen MR) is 88.0 cm³/mol. The lowest BCUT2D eigenvalue weighted by Crippen LogP contribution is -2.45. The molecule has 128 valence electrons. The summed E-state index contributed by atoms with van der Waals surface area (Å²) in [7, 11) is 0. The average molecular weight is 322 g/mol. The highest BCUT2D eigenvalue weighted by molar-refractivity contribution is 5.28. The zero-order chi connectivity index (χ0) is 16.2. The number of hydrogen-bond acceptors (Lipinski definition) is 4. The highest BCUT2D eigenvalue weighted by atomic mass is 19.1. The molecule has 0 radical (unpaired) electrons. The molecule has 2 atom stereocenters. The van der Waals surface area contributed by atoms with Gasteiger partial charge in [0.15, 0.2) is 0 Å². The Morgan fingerprint density at radius 3 is 2.83 bits per heavy atom. The van der Waals surface area contributed by atoms with Gasteiger partial charge in [0, 0.05) is 32.2 Å². The summed E-state index contributed by atoms with van der Waals surface area (Å²) in [4.78, 5) is 4.85. The van der Waals surface area contributed by atoms with E-state index in [4.69, 9.17) is 4.74 Å². The van der Waals surface area contributed by atoms with E-state index < -0.39 is 6.10 Å². The van der Waals surface area contributed by atoms with E-state index in [0.717, 1.165) is 50.5 Å². The van der Waals surface area contributed by atoms with Gasteiger partial charge in [0.2, 0.25) is 0 Å². The second-order valence-corrected chi connectivity index (χ2v) is 6.72. The minimum atomic E-state index is -0.555. The van der Waals surface area contributed by atoms with Crippen LogP contribution >= 0.6 is 0 Å². The molecule has 2 unspecified atom stereocenters. The molecule has 23 heavy (non-hydrogen) atoms. The van der Waals surface area contributed by atoms with Crippen LogP contribution in [0.4, 0.5) is 4.39 Å². The molecule has 3 rings (SSSR count). The number of halogens is 1. The molecular formula is C18H27FN2O2. The summed E-state index contributed by atoms with van der Waals surface area (Å²) in [6.07, 6.45) is 1.82. The summed E-state index contributed by atoms with van der Waals surface area (Å²) < 4.78 is 18.6. The summed E-state index contributed by atoms with van der Waals surface area (Å²) in [5.74, 6) is -0.246. The van der Waals surface area contributed by atoms with Crippen molar-refractivity contribution in [3.63, 3.8) is 0 Å². The van der Waals surface area contributed by atoms with E-state index in [0.29, 0.717) is 12.6 Å². The van der Waals surface area contributed by atoms with Crippen LogP contribution in [0, 0.1) is 12.7 Å². The standard InChI is InChI=1S/C18H27FN2O2/c1-14-11-15(19)4-5-17(14)18(22)13-21-6-2-3-16(21)12-20-7-9-23-10-8-20/h4-5,11,16,18,22H,2-3,6-10,12-13H2,1H3. The van der Waals surface area contributed by atoms with Crippen LogP contribution in [-0.2, 0) is 4.74 Å². The average Bonchev–Trinajstić information content (AvgIpc) is 2.95. The molecule has 2 saturated heterocycles. The second kappa shape index (κ2) is 7.71. The van der Waals surface area contributed by atoms with Crippen molar-refractivity contribution in [1.82, 2.24) is 9.80 Å². The van der Waals surface area contributed by atoms with Crippen molar-refractivity contribution >= 4 is 0 Å². The molecule has 1 aromatic carbocycles. The van der Waals surface area contributed by atoms with Crippen molar-refractivity contribution in [2.45, 2.75) is 31.9 Å². The van der Waals surface area contributed by atoms with Crippen LogP contribution in [0.15, 0.2) is 18.2 Å². The second-order valence-electron chi connectivity index (χ2n) is 6.72. The van der Waals surface area contributed by atoms with Crippen LogP contribution in [0.5, 0.6) is 0 Å². The van der Waals surface area contributed by atoms with Crippen LogP contribution in [0.3, 0.4) is 0 Å². The van der Waals surface area contributed by atoms with Crippen LogP contribution < -0.4 is 0 Å². The Balaban J connectivity index is 1.59. The molecule has 0 spiro atoms. The summed E-state index contributed by atoms with van der Waals surface area (Å²) >= 11 is 0. The molecule has 2 heterocycles. The number of morpholine rings is 1. The lowest BCUT2D eigenvalue weighted by Gasteiger charge is -2.33. The molecule has 0 saturated carbocycles.